The first-order valence-electron chi connectivity index (χ1n) is 4.91. The molecule has 82 valence electrons. The maximum Gasteiger partial charge on any atom is 0.325 e. The van der Waals surface area contributed by atoms with Gasteiger partial charge in [0.15, 0.2) is 0 Å². The summed E-state index contributed by atoms with van der Waals surface area (Å²) in [7, 11) is 1.39. The first-order chi connectivity index (χ1) is 7.17. The number of carbonyl (C=O) groups excluding carboxylic acids is 1. The normalized spacial score (nSPS) is 9.80. The molecule has 0 N–H and O–H groups in total. The zero-order valence-corrected chi connectivity index (χ0v) is 9.36. The van der Waals surface area contributed by atoms with Crippen LogP contribution < -0.4 is 4.90 Å². The number of carbonyl (C=O) groups is 1. The fraction of sp³-hybridized carbons (Fsp3) is 0.455. The smallest absolute Gasteiger partial charge is 0.325 e. The Morgan fingerprint density at radius 1 is 1.53 bits per heavy atom. The molecule has 0 aliphatic heterocycles. The van der Waals surface area contributed by atoms with Crippen LogP contribution in [0.2, 0.25) is 0 Å². The van der Waals surface area contributed by atoms with E-state index in [1.54, 1.807) is 6.20 Å². The number of likely N-dealkylation sites (N-methyl/N-ethyl adjacent to an activating group) is 1. The van der Waals surface area contributed by atoms with E-state index in [4.69, 9.17) is 0 Å². The summed E-state index contributed by atoms with van der Waals surface area (Å²) in [6.45, 7) is 4.92. The summed E-state index contributed by atoms with van der Waals surface area (Å²) in [6, 6.07) is 3.88. The lowest BCUT2D eigenvalue weighted by Gasteiger charge is -2.20. The minimum Gasteiger partial charge on any atom is -0.468 e. The summed E-state index contributed by atoms with van der Waals surface area (Å²) in [5, 5.41) is 0. The van der Waals surface area contributed by atoms with Gasteiger partial charge >= 0.3 is 5.97 Å². The van der Waals surface area contributed by atoms with Crippen molar-refractivity contribution in [1.29, 1.82) is 0 Å². The standard InChI is InChI=1S/C11H16N2O2/c1-4-13(8-11(14)15-3)10-6-5-9(2)7-12-10/h5-7H,4,8H2,1-3H3. The number of hydrogen-bond donors (Lipinski definition) is 0. The Bertz CT molecular complexity index is 322. The van der Waals surface area contributed by atoms with E-state index >= 15 is 0 Å². The van der Waals surface area contributed by atoms with Crippen molar-refractivity contribution in [3.63, 3.8) is 0 Å². The molecule has 0 aliphatic carbocycles. The molecular weight excluding hydrogens is 192 g/mol. The number of nitrogens with zero attached hydrogens (tertiary/aromatic N) is 2. The quantitative estimate of drug-likeness (QED) is 0.701. The summed E-state index contributed by atoms with van der Waals surface area (Å²) in [4.78, 5) is 17.3. The van der Waals surface area contributed by atoms with Gasteiger partial charge in [-0.05, 0) is 25.5 Å². The van der Waals surface area contributed by atoms with E-state index in [-0.39, 0.29) is 12.5 Å². The molecule has 0 atom stereocenters. The number of esters is 1. The molecule has 1 rings (SSSR count). The molecule has 0 amide bonds. The number of aryl methyl sites for hydroxylation is 1. The van der Waals surface area contributed by atoms with Gasteiger partial charge in [-0.3, -0.25) is 4.79 Å². The predicted molar refractivity (Wildman–Crippen MR) is 58.9 cm³/mol. The Hall–Kier alpha value is -1.58. The first kappa shape index (κ1) is 11.5. The van der Waals surface area contributed by atoms with E-state index in [9.17, 15) is 4.79 Å². The van der Waals surface area contributed by atoms with Crippen LogP contribution >= 0.6 is 0 Å². The van der Waals surface area contributed by atoms with Crippen LogP contribution in [0.4, 0.5) is 5.82 Å². The van der Waals surface area contributed by atoms with Crippen LogP contribution in [-0.2, 0) is 9.53 Å². The number of ether oxygens (including phenoxy) is 1. The van der Waals surface area contributed by atoms with Gasteiger partial charge < -0.3 is 9.64 Å². The van der Waals surface area contributed by atoms with E-state index in [0.29, 0.717) is 0 Å². The van der Waals surface area contributed by atoms with Crippen molar-refractivity contribution in [3.05, 3.63) is 23.9 Å². The molecule has 0 aromatic carbocycles. The Kier molecular flexibility index (Phi) is 4.09. The van der Waals surface area contributed by atoms with E-state index in [2.05, 4.69) is 9.72 Å². The maximum absolute atomic E-state index is 11.1. The Morgan fingerprint density at radius 3 is 2.73 bits per heavy atom. The SMILES string of the molecule is CCN(CC(=O)OC)c1ccc(C)cn1. The van der Waals surface area contributed by atoms with Crippen LogP contribution in [0.3, 0.4) is 0 Å². The molecule has 15 heavy (non-hydrogen) atoms. The number of rotatable bonds is 4. The van der Waals surface area contributed by atoms with Crippen LogP contribution in [0, 0.1) is 6.92 Å². The highest BCUT2D eigenvalue weighted by atomic mass is 16.5. The minimum atomic E-state index is -0.251. The van der Waals surface area contributed by atoms with Gasteiger partial charge in [-0.1, -0.05) is 6.07 Å². The second-order valence-electron chi connectivity index (χ2n) is 3.28. The van der Waals surface area contributed by atoms with Crippen LogP contribution in [0.25, 0.3) is 0 Å². The topological polar surface area (TPSA) is 42.4 Å². The molecule has 4 heteroatoms. The molecule has 0 bridgehead atoms. The molecule has 1 aromatic rings. The van der Waals surface area contributed by atoms with Gasteiger partial charge in [0.1, 0.15) is 12.4 Å². The van der Waals surface area contributed by atoms with Crippen molar-refractivity contribution in [2.45, 2.75) is 13.8 Å². The molecule has 0 saturated carbocycles. The van der Waals surface area contributed by atoms with Gasteiger partial charge in [0, 0.05) is 12.7 Å². The van der Waals surface area contributed by atoms with E-state index in [1.165, 1.54) is 7.11 Å². The van der Waals surface area contributed by atoms with Crippen molar-refractivity contribution in [1.82, 2.24) is 4.98 Å². The van der Waals surface area contributed by atoms with Crippen LogP contribution in [-0.4, -0.2) is 31.2 Å². The molecule has 4 nitrogen and oxygen atoms in total. The zero-order valence-electron chi connectivity index (χ0n) is 9.36. The second kappa shape index (κ2) is 5.34. The monoisotopic (exact) mass is 208 g/mol. The van der Waals surface area contributed by atoms with E-state index in [0.717, 1.165) is 17.9 Å². The van der Waals surface area contributed by atoms with Crippen molar-refractivity contribution in [2.24, 2.45) is 0 Å². The van der Waals surface area contributed by atoms with Crippen molar-refractivity contribution in [2.75, 3.05) is 25.1 Å². The van der Waals surface area contributed by atoms with Crippen molar-refractivity contribution in [3.8, 4) is 0 Å². The van der Waals surface area contributed by atoms with E-state index < -0.39 is 0 Å². The van der Waals surface area contributed by atoms with E-state index in [1.807, 2.05) is 30.9 Å². The molecule has 0 radical (unpaired) electrons. The molecular formula is C11H16N2O2. The van der Waals surface area contributed by atoms with Crippen LogP contribution in [0.5, 0.6) is 0 Å². The zero-order chi connectivity index (χ0) is 11.3. The highest BCUT2D eigenvalue weighted by molar-refractivity contribution is 5.75. The third-order valence-electron chi connectivity index (χ3n) is 2.15. The maximum atomic E-state index is 11.1. The largest absolute Gasteiger partial charge is 0.468 e. The minimum absolute atomic E-state index is 0.239. The van der Waals surface area contributed by atoms with Gasteiger partial charge in [-0.2, -0.15) is 0 Å². The lowest BCUT2D eigenvalue weighted by Crippen LogP contribution is -2.30. The highest BCUT2D eigenvalue weighted by Crippen LogP contribution is 2.10. The molecule has 0 spiro atoms. The number of hydrogen-bond acceptors (Lipinski definition) is 4. The average Bonchev–Trinajstić information content (AvgIpc) is 2.27. The third kappa shape index (κ3) is 3.23. The summed E-state index contributed by atoms with van der Waals surface area (Å²) in [6.07, 6.45) is 1.79. The fourth-order valence-corrected chi connectivity index (χ4v) is 1.22. The lowest BCUT2D eigenvalue weighted by atomic mass is 10.3. The fourth-order valence-electron chi connectivity index (χ4n) is 1.22. The summed E-state index contributed by atoms with van der Waals surface area (Å²) < 4.78 is 4.62. The lowest BCUT2D eigenvalue weighted by molar-refractivity contribution is -0.138. The number of aromatic nitrogens is 1. The van der Waals surface area contributed by atoms with Gasteiger partial charge in [0.05, 0.1) is 7.11 Å². The molecule has 1 heterocycles. The van der Waals surface area contributed by atoms with Crippen LogP contribution in [0.15, 0.2) is 18.3 Å². The van der Waals surface area contributed by atoms with Crippen LogP contribution in [0.1, 0.15) is 12.5 Å². The Morgan fingerprint density at radius 2 is 2.27 bits per heavy atom. The summed E-state index contributed by atoms with van der Waals surface area (Å²) >= 11 is 0. The number of anilines is 1. The predicted octanol–water partition coefficient (Wildman–Crippen LogP) is 1.39. The molecule has 0 saturated heterocycles. The summed E-state index contributed by atoms with van der Waals surface area (Å²) in [5.74, 6) is 0.549. The van der Waals surface area contributed by atoms with Gasteiger partial charge in [0.25, 0.3) is 0 Å². The number of methoxy groups -OCH3 is 1. The third-order valence-corrected chi connectivity index (χ3v) is 2.15. The Labute approximate surface area is 89.9 Å². The molecule has 0 fully saturated rings. The van der Waals surface area contributed by atoms with Gasteiger partial charge in [0.2, 0.25) is 0 Å². The average molecular weight is 208 g/mol. The second-order valence-corrected chi connectivity index (χ2v) is 3.28. The molecule has 0 aliphatic rings. The first-order valence-corrected chi connectivity index (χ1v) is 4.91. The van der Waals surface area contributed by atoms with Gasteiger partial charge in [-0.15, -0.1) is 0 Å². The Balaban J connectivity index is 2.74. The molecule has 0 unspecified atom stereocenters. The van der Waals surface area contributed by atoms with Crippen molar-refractivity contribution >= 4 is 11.8 Å². The van der Waals surface area contributed by atoms with Crippen molar-refractivity contribution < 1.29 is 9.53 Å². The molecule has 1 aromatic heterocycles. The van der Waals surface area contributed by atoms with Gasteiger partial charge in [-0.25, -0.2) is 4.98 Å². The summed E-state index contributed by atoms with van der Waals surface area (Å²) in [5.41, 5.74) is 1.10. The number of pyridine rings is 1. The highest BCUT2D eigenvalue weighted by Gasteiger charge is 2.10.